The second kappa shape index (κ2) is 8.98. The maximum absolute atomic E-state index is 13.4. The molecule has 0 unspecified atom stereocenters. The van der Waals surface area contributed by atoms with Gasteiger partial charge in [-0.1, -0.05) is 30.3 Å². The van der Waals surface area contributed by atoms with Crippen LogP contribution in [0, 0.1) is 13.8 Å². The summed E-state index contributed by atoms with van der Waals surface area (Å²) in [6.07, 6.45) is 3.64. The fourth-order valence-corrected chi connectivity index (χ4v) is 4.01. The van der Waals surface area contributed by atoms with Crippen molar-refractivity contribution in [2.24, 2.45) is 0 Å². The third-order valence-electron chi connectivity index (χ3n) is 5.64. The number of hydrogen-bond acceptors (Lipinski definition) is 4. The summed E-state index contributed by atoms with van der Waals surface area (Å²) in [4.78, 5) is 26.4. The molecule has 1 aromatic heterocycles. The van der Waals surface area contributed by atoms with Crippen molar-refractivity contribution in [3.63, 3.8) is 0 Å². The van der Waals surface area contributed by atoms with E-state index in [1.807, 2.05) is 58.0 Å². The molecule has 6 nitrogen and oxygen atoms in total. The van der Waals surface area contributed by atoms with Crippen molar-refractivity contribution in [2.75, 3.05) is 0 Å². The second-order valence-corrected chi connectivity index (χ2v) is 8.98. The van der Waals surface area contributed by atoms with E-state index in [0.29, 0.717) is 17.7 Å². The van der Waals surface area contributed by atoms with E-state index in [0.717, 1.165) is 22.4 Å². The number of aryl methyl sites for hydroxylation is 2. The molecule has 2 amide bonds. The number of ether oxygens (including phenoxy) is 1. The Bertz CT molecular complexity index is 1210. The molecular formula is C27H28N2O4. The molecule has 0 saturated carbocycles. The van der Waals surface area contributed by atoms with E-state index in [-0.39, 0.29) is 17.6 Å². The Balaban J connectivity index is 1.62. The average molecular weight is 445 g/mol. The molecule has 0 spiro atoms. The first kappa shape index (κ1) is 22.4. The third kappa shape index (κ3) is 5.17. The molecule has 2 aromatic carbocycles. The molecule has 3 aromatic rings. The lowest BCUT2D eigenvalue weighted by Gasteiger charge is -2.38. The van der Waals surface area contributed by atoms with Crippen LogP contribution in [0.15, 0.2) is 71.0 Å². The van der Waals surface area contributed by atoms with Gasteiger partial charge in [0.15, 0.2) is 0 Å². The first-order valence-corrected chi connectivity index (χ1v) is 10.9. The van der Waals surface area contributed by atoms with Crippen LogP contribution in [0.3, 0.4) is 0 Å². The zero-order valence-corrected chi connectivity index (χ0v) is 19.3. The average Bonchev–Trinajstić information content (AvgIpc) is 3.25. The molecule has 1 atom stereocenters. The minimum Gasteiger partial charge on any atom is -0.487 e. The molecule has 1 aliphatic rings. The van der Waals surface area contributed by atoms with Gasteiger partial charge in [-0.25, -0.2) is 0 Å². The first-order chi connectivity index (χ1) is 15.7. The molecule has 33 heavy (non-hydrogen) atoms. The van der Waals surface area contributed by atoms with E-state index in [1.165, 1.54) is 12.3 Å². The normalized spacial score (nSPS) is 17.0. The Labute approximate surface area is 193 Å². The lowest BCUT2D eigenvalue weighted by Crippen LogP contribution is -2.43. The molecule has 0 radical (unpaired) electrons. The van der Waals surface area contributed by atoms with Gasteiger partial charge in [0.25, 0.3) is 11.8 Å². The summed E-state index contributed by atoms with van der Waals surface area (Å²) < 4.78 is 11.5. The smallest absolute Gasteiger partial charge is 0.268 e. The number of benzene rings is 2. The molecule has 0 saturated heterocycles. The molecule has 2 heterocycles. The van der Waals surface area contributed by atoms with Crippen molar-refractivity contribution in [1.29, 1.82) is 0 Å². The number of rotatable bonds is 5. The highest BCUT2D eigenvalue weighted by molar-refractivity contribution is 6.05. The van der Waals surface area contributed by atoms with E-state index >= 15 is 0 Å². The van der Waals surface area contributed by atoms with Gasteiger partial charge in [0.1, 0.15) is 22.8 Å². The summed E-state index contributed by atoms with van der Waals surface area (Å²) in [5, 5.41) is 5.86. The number of carbonyl (C=O) groups excluding carboxylic acids is 2. The van der Waals surface area contributed by atoms with Crippen molar-refractivity contribution in [3.8, 4) is 5.75 Å². The van der Waals surface area contributed by atoms with Crippen molar-refractivity contribution in [1.82, 2.24) is 10.6 Å². The minimum atomic E-state index is -0.450. The third-order valence-corrected chi connectivity index (χ3v) is 5.64. The lowest BCUT2D eigenvalue weighted by atomic mass is 9.89. The SMILES string of the molecule is Cc1ccc2c(c1)OC(C)(C)C[C@H]2NC(=O)/C(=C/c1ccco1)NC(=O)c1ccccc1C. The van der Waals surface area contributed by atoms with E-state index in [9.17, 15) is 9.59 Å². The van der Waals surface area contributed by atoms with Crippen molar-refractivity contribution >= 4 is 17.9 Å². The number of furan rings is 1. The van der Waals surface area contributed by atoms with Gasteiger partial charge in [-0.3, -0.25) is 9.59 Å². The Morgan fingerprint density at radius 1 is 1.06 bits per heavy atom. The van der Waals surface area contributed by atoms with Gasteiger partial charge >= 0.3 is 0 Å². The van der Waals surface area contributed by atoms with E-state index in [2.05, 4.69) is 10.6 Å². The van der Waals surface area contributed by atoms with Crippen LogP contribution in [0.4, 0.5) is 0 Å². The topological polar surface area (TPSA) is 80.6 Å². The minimum absolute atomic E-state index is 0.108. The molecule has 0 aliphatic carbocycles. The van der Waals surface area contributed by atoms with Crippen molar-refractivity contribution < 1.29 is 18.7 Å². The fraction of sp³-hybridized carbons (Fsp3) is 0.259. The molecule has 2 N–H and O–H groups in total. The molecule has 0 bridgehead atoms. The highest BCUT2D eigenvalue weighted by Crippen LogP contribution is 2.40. The van der Waals surface area contributed by atoms with Gasteiger partial charge < -0.3 is 19.8 Å². The summed E-state index contributed by atoms with van der Waals surface area (Å²) in [6, 6.07) is 16.4. The molecule has 170 valence electrons. The van der Waals surface area contributed by atoms with E-state index < -0.39 is 11.5 Å². The summed E-state index contributed by atoms with van der Waals surface area (Å²) in [5.41, 5.74) is 2.98. The maximum atomic E-state index is 13.4. The number of nitrogens with one attached hydrogen (secondary N) is 2. The maximum Gasteiger partial charge on any atom is 0.268 e. The number of fused-ring (bicyclic) bond motifs is 1. The first-order valence-electron chi connectivity index (χ1n) is 10.9. The van der Waals surface area contributed by atoms with Crippen LogP contribution in [0.1, 0.15) is 59.1 Å². The van der Waals surface area contributed by atoms with Crippen LogP contribution in [-0.4, -0.2) is 17.4 Å². The van der Waals surface area contributed by atoms with E-state index in [4.69, 9.17) is 9.15 Å². The summed E-state index contributed by atoms with van der Waals surface area (Å²) in [5.74, 6) is 0.470. The molecule has 1 aliphatic heterocycles. The lowest BCUT2D eigenvalue weighted by molar-refractivity contribution is -0.119. The Morgan fingerprint density at radius 2 is 1.85 bits per heavy atom. The van der Waals surface area contributed by atoms with Crippen LogP contribution in [-0.2, 0) is 4.79 Å². The fourth-order valence-electron chi connectivity index (χ4n) is 4.01. The zero-order valence-electron chi connectivity index (χ0n) is 19.3. The van der Waals surface area contributed by atoms with Gasteiger partial charge in [-0.2, -0.15) is 0 Å². The molecule has 6 heteroatoms. The van der Waals surface area contributed by atoms with Crippen LogP contribution in [0.25, 0.3) is 6.08 Å². The van der Waals surface area contributed by atoms with Gasteiger partial charge in [0, 0.05) is 23.6 Å². The molecular weight excluding hydrogens is 416 g/mol. The Morgan fingerprint density at radius 3 is 2.58 bits per heavy atom. The molecule has 0 fully saturated rings. The van der Waals surface area contributed by atoms with Crippen LogP contribution >= 0.6 is 0 Å². The predicted octanol–water partition coefficient (Wildman–Crippen LogP) is 5.09. The summed E-state index contributed by atoms with van der Waals surface area (Å²) in [7, 11) is 0. The zero-order chi connectivity index (χ0) is 23.6. The van der Waals surface area contributed by atoms with Crippen LogP contribution in [0.5, 0.6) is 5.75 Å². The van der Waals surface area contributed by atoms with Crippen LogP contribution < -0.4 is 15.4 Å². The highest BCUT2D eigenvalue weighted by Gasteiger charge is 2.35. The predicted molar refractivity (Wildman–Crippen MR) is 127 cm³/mol. The molecule has 4 rings (SSSR count). The van der Waals surface area contributed by atoms with Gasteiger partial charge in [0.05, 0.1) is 12.3 Å². The monoisotopic (exact) mass is 444 g/mol. The van der Waals surface area contributed by atoms with Gasteiger partial charge in [0.2, 0.25) is 0 Å². The van der Waals surface area contributed by atoms with Crippen molar-refractivity contribution in [2.45, 2.75) is 45.8 Å². The Kier molecular flexibility index (Phi) is 6.09. The summed E-state index contributed by atoms with van der Waals surface area (Å²) in [6.45, 7) is 7.85. The second-order valence-electron chi connectivity index (χ2n) is 8.98. The van der Waals surface area contributed by atoms with Crippen LogP contribution in [0.2, 0.25) is 0 Å². The number of amides is 2. The van der Waals surface area contributed by atoms with Gasteiger partial charge in [-0.15, -0.1) is 0 Å². The standard InChI is InChI=1S/C27H28N2O4/c1-17-11-12-21-23(16-27(3,4)33-24(21)14-17)29-26(31)22(15-19-9-7-13-32-19)28-25(30)20-10-6-5-8-18(20)2/h5-15,23H,16H2,1-4H3,(H,28,30)(H,29,31)/b22-15-/t23-/m1/s1. The van der Waals surface area contributed by atoms with Crippen molar-refractivity contribution in [3.05, 3.63) is 94.6 Å². The highest BCUT2D eigenvalue weighted by atomic mass is 16.5. The number of carbonyl (C=O) groups is 2. The quantitative estimate of drug-likeness (QED) is 0.538. The Hall–Kier alpha value is -3.80. The summed E-state index contributed by atoms with van der Waals surface area (Å²) >= 11 is 0. The number of hydrogen-bond donors (Lipinski definition) is 2. The van der Waals surface area contributed by atoms with E-state index in [1.54, 1.807) is 24.3 Å². The van der Waals surface area contributed by atoms with Gasteiger partial charge in [-0.05, 0) is 63.1 Å². The largest absolute Gasteiger partial charge is 0.487 e.